The number of ether oxygens (including phenoxy) is 1. The molecule has 0 fully saturated rings. The molecule has 120 valence electrons. The zero-order chi connectivity index (χ0) is 15.7. The molecule has 0 aliphatic carbocycles. The van der Waals surface area contributed by atoms with Crippen molar-refractivity contribution in [3.05, 3.63) is 29.8 Å². The monoisotopic (exact) mass is 293 g/mol. The SMILES string of the molecule is CCNC(CN(C)CCN(C)C)c1ccccc1OCC. The fourth-order valence-corrected chi connectivity index (χ4v) is 2.35. The number of likely N-dealkylation sites (N-methyl/N-ethyl adjacent to an activating group) is 3. The van der Waals surface area contributed by atoms with Gasteiger partial charge in [-0.1, -0.05) is 25.1 Å². The van der Waals surface area contributed by atoms with Crippen molar-refractivity contribution in [2.75, 3.05) is 53.9 Å². The van der Waals surface area contributed by atoms with Crippen molar-refractivity contribution < 1.29 is 4.74 Å². The van der Waals surface area contributed by atoms with Crippen LogP contribution in [0.2, 0.25) is 0 Å². The third-order valence-electron chi connectivity index (χ3n) is 3.47. The molecule has 4 nitrogen and oxygen atoms in total. The van der Waals surface area contributed by atoms with E-state index in [4.69, 9.17) is 4.74 Å². The second-order valence-corrected chi connectivity index (χ2v) is 5.65. The number of nitrogens with one attached hydrogen (secondary N) is 1. The molecule has 1 atom stereocenters. The summed E-state index contributed by atoms with van der Waals surface area (Å²) in [5.74, 6) is 0.993. The molecule has 0 aromatic heterocycles. The molecule has 21 heavy (non-hydrogen) atoms. The summed E-state index contributed by atoms with van der Waals surface area (Å²) in [4.78, 5) is 4.59. The third kappa shape index (κ3) is 6.46. The molecular formula is C17H31N3O. The third-order valence-corrected chi connectivity index (χ3v) is 3.47. The highest BCUT2D eigenvalue weighted by atomic mass is 16.5. The minimum atomic E-state index is 0.296. The molecule has 1 aromatic rings. The van der Waals surface area contributed by atoms with E-state index in [1.807, 2.05) is 13.0 Å². The molecule has 0 bridgehead atoms. The fraction of sp³-hybridized carbons (Fsp3) is 0.647. The molecule has 0 saturated heterocycles. The van der Waals surface area contributed by atoms with Crippen molar-refractivity contribution in [1.29, 1.82) is 0 Å². The van der Waals surface area contributed by atoms with Crippen LogP contribution in [0.5, 0.6) is 5.75 Å². The van der Waals surface area contributed by atoms with Crippen LogP contribution in [0.15, 0.2) is 24.3 Å². The number of rotatable bonds is 10. The first kappa shape index (κ1) is 18.0. The Labute approximate surface area is 130 Å². The van der Waals surface area contributed by atoms with Gasteiger partial charge in [-0.2, -0.15) is 0 Å². The number of hydrogen-bond donors (Lipinski definition) is 1. The van der Waals surface area contributed by atoms with Gasteiger partial charge in [-0.3, -0.25) is 0 Å². The van der Waals surface area contributed by atoms with E-state index >= 15 is 0 Å². The molecule has 0 amide bonds. The van der Waals surface area contributed by atoms with E-state index in [0.717, 1.165) is 31.9 Å². The normalized spacial score (nSPS) is 12.9. The molecule has 0 radical (unpaired) electrons. The van der Waals surface area contributed by atoms with Gasteiger partial charge in [0.15, 0.2) is 0 Å². The lowest BCUT2D eigenvalue weighted by Crippen LogP contribution is -2.36. The van der Waals surface area contributed by atoms with Crippen molar-refractivity contribution in [3.63, 3.8) is 0 Å². The van der Waals surface area contributed by atoms with Gasteiger partial charge in [0.1, 0.15) is 5.75 Å². The molecule has 0 saturated carbocycles. The molecule has 0 heterocycles. The molecule has 1 rings (SSSR count). The molecule has 1 N–H and O–H groups in total. The first-order valence-electron chi connectivity index (χ1n) is 7.86. The molecule has 0 aliphatic heterocycles. The second-order valence-electron chi connectivity index (χ2n) is 5.65. The molecule has 0 spiro atoms. The predicted molar refractivity (Wildman–Crippen MR) is 90.1 cm³/mol. The van der Waals surface area contributed by atoms with E-state index in [1.54, 1.807) is 0 Å². The van der Waals surface area contributed by atoms with Gasteiger partial charge >= 0.3 is 0 Å². The lowest BCUT2D eigenvalue weighted by molar-refractivity contribution is 0.253. The first-order chi connectivity index (χ1) is 10.1. The standard InChI is InChI=1S/C17H31N3O/c1-6-18-16(14-20(5)13-12-19(3)4)15-10-8-9-11-17(15)21-7-2/h8-11,16,18H,6-7,12-14H2,1-5H3. The van der Waals surface area contributed by atoms with Gasteiger partial charge in [0.2, 0.25) is 0 Å². The van der Waals surface area contributed by atoms with Crippen LogP contribution in [0.3, 0.4) is 0 Å². The van der Waals surface area contributed by atoms with Crippen LogP contribution in [-0.4, -0.2) is 63.7 Å². The maximum atomic E-state index is 5.78. The van der Waals surface area contributed by atoms with Crippen LogP contribution in [0, 0.1) is 0 Å². The lowest BCUT2D eigenvalue weighted by atomic mass is 10.0. The minimum absolute atomic E-state index is 0.296. The van der Waals surface area contributed by atoms with Crippen LogP contribution >= 0.6 is 0 Å². The number of nitrogens with zero attached hydrogens (tertiary/aromatic N) is 2. The Kier molecular flexibility index (Phi) is 8.35. The van der Waals surface area contributed by atoms with E-state index < -0.39 is 0 Å². The van der Waals surface area contributed by atoms with E-state index in [2.05, 4.69) is 61.4 Å². The van der Waals surface area contributed by atoms with Crippen LogP contribution in [0.25, 0.3) is 0 Å². The van der Waals surface area contributed by atoms with Gasteiger partial charge in [-0.05, 0) is 40.7 Å². The van der Waals surface area contributed by atoms with Gasteiger partial charge in [-0.25, -0.2) is 0 Å². The highest BCUT2D eigenvalue weighted by molar-refractivity contribution is 5.36. The van der Waals surface area contributed by atoms with E-state index in [1.165, 1.54) is 5.56 Å². The fourth-order valence-electron chi connectivity index (χ4n) is 2.35. The Bertz CT molecular complexity index is 395. The highest BCUT2D eigenvalue weighted by Crippen LogP contribution is 2.25. The zero-order valence-corrected chi connectivity index (χ0v) is 14.2. The van der Waals surface area contributed by atoms with E-state index in [-0.39, 0.29) is 0 Å². The van der Waals surface area contributed by atoms with Crippen LogP contribution in [0.1, 0.15) is 25.5 Å². The largest absolute Gasteiger partial charge is 0.494 e. The van der Waals surface area contributed by atoms with Crippen molar-refractivity contribution >= 4 is 0 Å². The first-order valence-corrected chi connectivity index (χ1v) is 7.86. The molecule has 4 heteroatoms. The smallest absolute Gasteiger partial charge is 0.124 e. The van der Waals surface area contributed by atoms with Crippen molar-refractivity contribution in [3.8, 4) is 5.75 Å². The highest BCUT2D eigenvalue weighted by Gasteiger charge is 2.17. The second kappa shape index (κ2) is 9.77. The summed E-state index contributed by atoms with van der Waals surface area (Å²) in [5.41, 5.74) is 1.25. The van der Waals surface area contributed by atoms with Gasteiger partial charge in [0.05, 0.1) is 6.61 Å². The number of hydrogen-bond acceptors (Lipinski definition) is 4. The Morgan fingerprint density at radius 1 is 1.10 bits per heavy atom. The van der Waals surface area contributed by atoms with Crippen LogP contribution < -0.4 is 10.1 Å². The summed E-state index contributed by atoms with van der Waals surface area (Å²) < 4.78 is 5.78. The summed E-state index contributed by atoms with van der Waals surface area (Å²) in [6, 6.07) is 8.64. The summed E-state index contributed by atoms with van der Waals surface area (Å²) in [7, 11) is 6.40. The van der Waals surface area contributed by atoms with Crippen LogP contribution in [-0.2, 0) is 0 Å². The minimum Gasteiger partial charge on any atom is -0.494 e. The summed E-state index contributed by atoms with van der Waals surface area (Å²) in [6.45, 7) is 8.94. The maximum absolute atomic E-state index is 5.78. The molecular weight excluding hydrogens is 262 g/mol. The Balaban J connectivity index is 2.76. The van der Waals surface area contributed by atoms with E-state index in [0.29, 0.717) is 12.6 Å². The van der Waals surface area contributed by atoms with Gasteiger partial charge < -0.3 is 19.9 Å². The average molecular weight is 293 g/mol. The van der Waals surface area contributed by atoms with Gasteiger partial charge in [0.25, 0.3) is 0 Å². The summed E-state index contributed by atoms with van der Waals surface area (Å²) in [6.07, 6.45) is 0. The quantitative estimate of drug-likeness (QED) is 0.716. The Morgan fingerprint density at radius 3 is 2.43 bits per heavy atom. The summed E-state index contributed by atoms with van der Waals surface area (Å²) >= 11 is 0. The maximum Gasteiger partial charge on any atom is 0.124 e. The van der Waals surface area contributed by atoms with Crippen molar-refractivity contribution in [1.82, 2.24) is 15.1 Å². The predicted octanol–water partition coefficient (Wildman–Crippen LogP) is 2.23. The molecule has 1 unspecified atom stereocenters. The Hall–Kier alpha value is -1.10. The number of para-hydroxylation sites is 1. The molecule has 1 aromatic carbocycles. The average Bonchev–Trinajstić information content (AvgIpc) is 2.46. The molecule has 0 aliphatic rings. The summed E-state index contributed by atoms with van der Waals surface area (Å²) in [5, 5.41) is 3.58. The van der Waals surface area contributed by atoms with Gasteiger partial charge in [-0.15, -0.1) is 0 Å². The lowest BCUT2D eigenvalue weighted by Gasteiger charge is -2.27. The van der Waals surface area contributed by atoms with Gasteiger partial charge in [0, 0.05) is 31.2 Å². The van der Waals surface area contributed by atoms with Crippen molar-refractivity contribution in [2.24, 2.45) is 0 Å². The van der Waals surface area contributed by atoms with Crippen molar-refractivity contribution in [2.45, 2.75) is 19.9 Å². The Morgan fingerprint density at radius 2 is 1.81 bits per heavy atom. The topological polar surface area (TPSA) is 27.7 Å². The van der Waals surface area contributed by atoms with Crippen LogP contribution in [0.4, 0.5) is 0 Å². The zero-order valence-electron chi connectivity index (χ0n) is 14.2. The number of benzene rings is 1. The van der Waals surface area contributed by atoms with E-state index in [9.17, 15) is 0 Å².